The molecule has 2 N–H and O–H groups in total. The first-order valence-electron chi connectivity index (χ1n) is 8.29. The van der Waals surface area contributed by atoms with E-state index >= 15 is 0 Å². The molecule has 2 heterocycles. The van der Waals surface area contributed by atoms with Crippen LogP contribution in [-0.2, 0) is 6.54 Å². The quantitative estimate of drug-likeness (QED) is 0.495. The number of nitrogens with zero attached hydrogens (tertiary/aromatic N) is 3. The minimum absolute atomic E-state index is 0.460. The summed E-state index contributed by atoms with van der Waals surface area (Å²) in [5.41, 5.74) is 7.81. The number of methoxy groups -OCH3 is 2. The molecule has 0 aliphatic carbocycles. The molecule has 0 fully saturated rings. The van der Waals surface area contributed by atoms with Gasteiger partial charge in [-0.3, -0.25) is 0 Å². The number of aromatic nitrogens is 3. The fourth-order valence-electron chi connectivity index (χ4n) is 2.67. The Morgan fingerprint density at radius 3 is 2.65 bits per heavy atom. The van der Waals surface area contributed by atoms with Crippen molar-refractivity contribution in [1.29, 1.82) is 0 Å². The van der Waals surface area contributed by atoms with Crippen LogP contribution in [0.4, 0.5) is 5.82 Å². The molecule has 0 aliphatic rings. The highest BCUT2D eigenvalue weighted by atomic mass is 127. The van der Waals surface area contributed by atoms with Gasteiger partial charge in [-0.1, -0.05) is 25.1 Å². The van der Waals surface area contributed by atoms with E-state index in [-0.39, 0.29) is 0 Å². The number of unbranched alkanes of at least 4 members (excludes halogenated alkanes) is 1. The standard InChI is InChI=1S/C18H21IN4O2S/c1-4-5-8-23-12-6-7-21-17(20)16(12)22-18(23)26-15-10-14(25-3)13(24-2)9-11(15)19/h6-7,9-10H,4-5,8H2,1-3H3,(H2,20,21). The lowest BCUT2D eigenvalue weighted by molar-refractivity contribution is 0.353. The Morgan fingerprint density at radius 1 is 1.23 bits per heavy atom. The summed E-state index contributed by atoms with van der Waals surface area (Å²) in [6.07, 6.45) is 3.92. The minimum Gasteiger partial charge on any atom is -0.493 e. The highest BCUT2D eigenvalue weighted by Crippen LogP contribution is 2.39. The van der Waals surface area contributed by atoms with E-state index in [1.54, 1.807) is 32.2 Å². The minimum atomic E-state index is 0.460. The monoisotopic (exact) mass is 484 g/mol. The zero-order valence-electron chi connectivity index (χ0n) is 15.0. The predicted octanol–water partition coefficient (Wildman–Crippen LogP) is 4.59. The van der Waals surface area contributed by atoms with Crippen LogP contribution in [0, 0.1) is 3.57 Å². The number of nitrogen functional groups attached to an aromatic ring is 1. The average Bonchev–Trinajstić information content (AvgIpc) is 3.00. The molecule has 0 aliphatic heterocycles. The third-order valence-electron chi connectivity index (χ3n) is 4.04. The first kappa shape index (κ1) is 19.1. The van der Waals surface area contributed by atoms with E-state index in [1.165, 1.54) is 0 Å². The van der Waals surface area contributed by atoms with Crippen LogP contribution in [0.1, 0.15) is 19.8 Å². The molecule has 0 bridgehead atoms. The van der Waals surface area contributed by atoms with Gasteiger partial charge in [0.1, 0.15) is 5.52 Å². The van der Waals surface area contributed by atoms with E-state index in [0.29, 0.717) is 17.3 Å². The molecule has 6 nitrogen and oxygen atoms in total. The molecule has 26 heavy (non-hydrogen) atoms. The van der Waals surface area contributed by atoms with Gasteiger partial charge in [-0.25, -0.2) is 9.97 Å². The molecule has 0 saturated heterocycles. The third-order valence-corrected chi connectivity index (χ3v) is 6.35. The zero-order valence-corrected chi connectivity index (χ0v) is 17.9. The van der Waals surface area contributed by atoms with Gasteiger partial charge in [-0.15, -0.1) is 0 Å². The number of nitrogens with two attached hydrogens (primary N) is 1. The number of pyridine rings is 1. The Kier molecular flexibility index (Phi) is 6.13. The van der Waals surface area contributed by atoms with E-state index < -0.39 is 0 Å². The van der Waals surface area contributed by atoms with Crippen molar-refractivity contribution in [3.8, 4) is 11.5 Å². The van der Waals surface area contributed by atoms with Crippen molar-refractivity contribution in [3.63, 3.8) is 0 Å². The van der Waals surface area contributed by atoms with E-state index in [9.17, 15) is 0 Å². The zero-order chi connectivity index (χ0) is 18.7. The smallest absolute Gasteiger partial charge is 0.174 e. The Labute approximate surface area is 170 Å². The number of hydrogen-bond donors (Lipinski definition) is 1. The maximum atomic E-state index is 6.04. The molecule has 8 heteroatoms. The van der Waals surface area contributed by atoms with Crippen LogP contribution in [0.5, 0.6) is 11.5 Å². The first-order chi connectivity index (χ1) is 12.6. The summed E-state index contributed by atoms with van der Waals surface area (Å²) in [5.74, 6) is 1.88. The largest absolute Gasteiger partial charge is 0.493 e. The molecule has 0 radical (unpaired) electrons. The van der Waals surface area contributed by atoms with Crippen LogP contribution in [0.15, 0.2) is 34.4 Å². The van der Waals surface area contributed by atoms with E-state index in [0.717, 1.165) is 44.0 Å². The van der Waals surface area contributed by atoms with Crippen LogP contribution in [0.25, 0.3) is 11.0 Å². The predicted molar refractivity (Wildman–Crippen MR) is 113 cm³/mol. The topological polar surface area (TPSA) is 75.2 Å². The Hall–Kier alpha value is -1.68. The third kappa shape index (κ3) is 3.71. The van der Waals surface area contributed by atoms with E-state index in [2.05, 4.69) is 39.1 Å². The second-order valence-electron chi connectivity index (χ2n) is 5.70. The summed E-state index contributed by atoms with van der Waals surface area (Å²) in [4.78, 5) is 9.99. The van der Waals surface area contributed by atoms with Crippen LogP contribution < -0.4 is 15.2 Å². The lowest BCUT2D eigenvalue weighted by atomic mass is 10.3. The molecule has 0 spiro atoms. The Balaban J connectivity index is 2.07. The van der Waals surface area contributed by atoms with Gasteiger partial charge in [-0.05, 0) is 47.2 Å². The maximum Gasteiger partial charge on any atom is 0.174 e. The number of rotatable bonds is 7. The van der Waals surface area contributed by atoms with Crippen molar-refractivity contribution in [2.45, 2.75) is 36.4 Å². The number of imidazole rings is 1. The number of hydrogen-bond acceptors (Lipinski definition) is 6. The summed E-state index contributed by atoms with van der Waals surface area (Å²) in [7, 11) is 3.28. The van der Waals surface area contributed by atoms with Gasteiger partial charge in [0, 0.05) is 21.2 Å². The van der Waals surface area contributed by atoms with Crippen molar-refractivity contribution < 1.29 is 9.47 Å². The number of ether oxygens (including phenoxy) is 2. The highest BCUT2D eigenvalue weighted by Gasteiger charge is 2.17. The summed E-state index contributed by atoms with van der Waals surface area (Å²) < 4.78 is 14.1. The molecule has 3 aromatic rings. The van der Waals surface area contributed by atoms with Crippen molar-refractivity contribution in [1.82, 2.24) is 14.5 Å². The summed E-state index contributed by atoms with van der Waals surface area (Å²) >= 11 is 3.90. The van der Waals surface area contributed by atoms with Gasteiger partial charge in [0.05, 0.1) is 19.7 Å². The SMILES string of the molecule is CCCCn1c(Sc2cc(OC)c(OC)cc2I)nc2c(N)nccc21. The second kappa shape index (κ2) is 8.34. The molecule has 0 atom stereocenters. The summed E-state index contributed by atoms with van der Waals surface area (Å²) in [6.45, 7) is 3.07. The molecule has 2 aromatic heterocycles. The molecular formula is C18H21IN4O2S. The van der Waals surface area contributed by atoms with E-state index in [1.807, 2.05) is 18.2 Å². The van der Waals surface area contributed by atoms with Gasteiger partial charge < -0.3 is 19.8 Å². The Bertz CT molecular complexity index is 929. The molecule has 0 amide bonds. The Morgan fingerprint density at radius 2 is 1.96 bits per heavy atom. The number of aryl methyl sites for hydroxylation is 1. The normalized spacial score (nSPS) is 11.1. The van der Waals surface area contributed by atoms with Crippen molar-refractivity contribution in [2.75, 3.05) is 20.0 Å². The van der Waals surface area contributed by atoms with Gasteiger partial charge in [0.2, 0.25) is 0 Å². The van der Waals surface area contributed by atoms with Crippen LogP contribution >= 0.6 is 34.4 Å². The first-order valence-corrected chi connectivity index (χ1v) is 10.2. The fourth-order valence-corrected chi connectivity index (χ4v) is 4.40. The van der Waals surface area contributed by atoms with Crippen molar-refractivity contribution in [3.05, 3.63) is 28.0 Å². The van der Waals surface area contributed by atoms with Crippen LogP contribution in [0.3, 0.4) is 0 Å². The lowest BCUT2D eigenvalue weighted by Crippen LogP contribution is -2.00. The highest BCUT2D eigenvalue weighted by molar-refractivity contribution is 14.1. The maximum absolute atomic E-state index is 6.04. The second-order valence-corrected chi connectivity index (χ2v) is 7.87. The lowest BCUT2D eigenvalue weighted by Gasteiger charge is -2.12. The number of halogens is 1. The van der Waals surface area contributed by atoms with Crippen molar-refractivity contribution in [2.24, 2.45) is 0 Å². The molecule has 138 valence electrons. The number of fused-ring (bicyclic) bond motifs is 1. The molecule has 3 rings (SSSR count). The average molecular weight is 484 g/mol. The molecular weight excluding hydrogens is 463 g/mol. The molecule has 1 aromatic carbocycles. The number of benzene rings is 1. The van der Waals surface area contributed by atoms with E-state index in [4.69, 9.17) is 20.2 Å². The van der Waals surface area contributed by atoms with Crippen molar-refractivity contribution >= 4 is 51.2 Å². The fraction of sp³-hybridized carbons (Fsp3) is 0.333. The molecule has 0 unspecified atom stereocenters. The molecule has 0 saturated carbocycles. The van der Waals surface area contributed by atoms with Gasteiger partial charge >= 0.3 is 0 Å². The van der Waals surface area contributed by atoms with Gasteiger partial charge in [0.25, 0.3) is 0 Å². The number of anilines is 1. The van der Waals surface area contributed by atoms with Gasteiger partial charge in [-0.2, -0.15) is 0 Å². The van der Waals surface area contributed by atoms with Crippen LogP contribution in [0.2, 0.25) is 0 Å². The summed E-state index contributed by atoms with van der Waals surface area (Å²) in [5, 5.41) is 0.901. The van der Waals surface area contributed by atoms with Gasteiger partial charge in [0.15, 0.2) is 22.5 Å². The van der Waals surface area contributed by atoms with Crippen LogP contribution in [-0.4, -0.2) is 28.8 Å². The summed E-state index contributed by atoms with van der Waals surface area (Å²) in [6, 6.07) is 5.92.